The van der Waals surface area contributed by atoms with E-state index in [0.29, 0.717) is 12.0 Å². The van der Waals surface area contributed by atoms with Crippen LogP contribution in [0.3, 0.4) is 0 Å². The average Bonchev–Trinajstić information content (AvgIpc) is 3.35. The number of hydrogen-bond donors (Lipinski definition) is 1. The highest BCUT2D eigenvalue weighted by molar-refractivity contribution is 7.19. The average molecular weight is 458 g/mol. The Kier molecular flexibility index (Phi) is 6.27. The Morgan fingerprint density at radius 3 is 2.61 bits per heavy atom. The lowest BCUT2D eigenvalue weighted by Gasteiger charge is -2.32. The molecular formula is C22H27N5O2S2. The molecule has 4 rings (SSSR count). The van der Waals surface area contributed by atoms with Gasteiger partial charge >= 0.3 is 0 Å². The first-order chi connectivity index (χ1) is 14.9. The first-order valence-electron chi connectivity index (χ1n) is 10.2. The van der Waals surface area contributed by atoms with Gasteiger partial charge in [-0.2, -0.15) is 0 Å². The van der Waals surface area contributed by atoms with Crippen molar-refractivity contribution in [1.82, 2.24) is 14.9 Å². The molecule has 1 fully saturated rings. The summed E-state index contributed by atoms with van der Waals surface area (Å²) in [6.45, 7) is 8.02. The molecule has 0 spiro atoms. The standard InChI is InChI=1S/C22H27N5O2S2/c1-13-9-18(29-4)15(10-16(13)21(23)28)11-19-25-17(12-30-19)20-14(2)24-22(31-20)27-7-5-26(3)6-8-27/h9-10,12H,5-8,11H2,1-4H3,(H2,23,28). The quantitative estimate of drug-likeness (QED) is 0.611. The molecule has 0 unspecified atom stereocenters. The van der Waals surface area contributed by atoms with E-state index in [-0.39, 0.29) is 0 Å². The molecule has 0 saturated carbocycles. The lowest BCUT2D eigenvalue weighted by molar-refractivity contribution is 0.0999. The SMILES string of the molecule is COc1cc(C)c(C(N)=O)cc1Cc1nc(-c2sc(N3CCN(C)CC3)nc2C)cs1. The second-order valence-electron chi connectivity index (χ2n) is 7.85. The van der Waals surface area contributed by atoms with Crippen molar-refractivity contribution in [2.24, 2.45) is 5.73 Å². The van der Waals surface area contributed by atoms with Gasteiger partial charge in [-0.05, 0) is 38.6 Å². The van der Waals surface area contributed by atoms with Gasteiger partial charge < -0.3 is 20.3 Å². The molecule has 31 heavy (non-hydrogen) atoms. The Labute approximate surface area is 190 Å². The molecule has 1 amide bonds. The van der Waals surface area contributed by atoms with Gasteiger partial charge in [-0.15, -0.1) is 11.3 Å². The van der Waals surface area contributed by atoms with E-state index in [4.69, 9.17) is 20.4 Å². The summed E-state index contributed by atoms with van der Waals surface area (Å²) in [5.74, 6) is 0.309. The number of anilines is 1. The Balaban J connectivity index is 1.57. The first kappa shape index (κ1) is 21.7. The second-order valence-corrected chi connectivity index (χ2v) is 9.77. The van der Waals surface area contributed by atoms with E-state index in [1.54, 1.807) is 29.8 Å². The van der Waals surface area contributed by atoms with Crippen molar-refractivity contribution in [1.29, 1.82) is 0 Å². The molecule has 3 heterocycles. The number of ether oxygens (including phenoxy) is 1. The summed E-state index contributed by atoms with van der Waals surface area (Å²) in [6, 6.07) is 3.68. The van der Waals surface area contributed by atoms with Crippen LogP contribution in [0, 0.1) is 13.8 Å². The molecule has 3 aromatic rings. The van der Waals surface area contributed by atoms with Crippen LogP contribution in [-0.4, -0.2) is 61.1 Å². The third-order valence-electron chi connectivity index (χ3n) is 5.58. The number of nitrogens with two attached hydrogens (primary N) is 1. The molecule has 0 aliphatic carbocycles. The lowest BCUT2D eigenvalue weighted by atomic mass is 10.0. The number of aromatic nitrogens is 2. The molecule has 2 aromatic heterocycles. The number of methoxy groups -OCH3 is 1. The molecule has 1 aliphatic heterocycles. The largest absolute Gasteiger partial charge is 0.496 e. The normalized spacial score (nSPS) is 14.8. The number of primary amides is 1. The van der Waals surface area contributed by atoms with E-state index in [1.165, 1.54) is 0 Å². The van der Waals surface area contributed by atoms with Gasteiger partial charge in [0.25, 0.3) is 0 Å². The van der Waals surface area contributed by atoms with Crippen molar-refractivity contribution < 1.29 is 9.53 Å². The van der Waals surface area contributed by atoms with Gasteiger partial charge in [0.15, 0.2) is 5.13 Å². The zero-order chi connectivity index (χ0) is 22.1. The van der Waals surface area contributed by atoms with Crippen LogP contribution in [-0.2, 0) is 6.42 Å². The molecular weight excluding hydrogens is 430 g/mol. The summed E-state index contributed by atoms with van der Waals surface area (Å²) in [6.07, 6.45) is 0.581. The summed E-state index contributed by atoms with van der Waals surface area (Å²) in [5, 5.41) is 4.11. The predicted molar refractivity (Wildman–Crippen MR) is 127 cm³/mol. The van der Waals surface area contributed by atoms with Crippen molar-refractivity contribution in [2.75, 3.05) is 45.2 Å². The first-order valence-corrected chi connectivity index (χ1v) is 11.9. The predicted octanol–water partition coefficient (Wildman–Crippen LogP) is 3.33. The van der Waals surface area contributed by atoms with Crippen LogP contribution in [0.25, 0.3) is 10.6 Å². The topological polar surface area (TPSA) is 84.6 Å². The van der Waals surface area contributed by atoms with Gasteiger partial charge in [0.05, 0.1) is 28.4 Å². The number of carbonyl (C=O) groups is 1. The van der Waals surface area contributed by atoms with E-state index in [0.717, 1.165) is 69.5 Å². The number of amides is 1. The summed E-state index contributed by atoms with van der Waals surface area (Å²) in [4.78, 5) is 27.3. The van der Waals surface area contributed by atoms with Gasteiger partial charge in [0.1, 0.15) is 5.75 Å². The molecule has 7 nitrogen and oxygen atoms in total. The molecule has 1 saturated heterocycles. The molecule has 1 aromatic carbocycles. The molecule has 0 atom stereocenters. The van der Waals surface area contributed by atoms with Gasteiger partial charge in [-0.1, -0.05) is 11.3 Å². The number of hydrogen-bond acceptors (Lipinski definition) is 8. The third kappa shape index (κ3) is 4.58. The smallest absolute Gasteiger partial charge is 0.248 e. The van der Waals surface area contributed by atoms with Crippen molar-refractivity contribution in [3.63, 3.8) is 0 Å². The number of benzene rings is 1. The van der Waals surface area contributed by atoms with Crippen molar-refractivity contribution in [3.8, 4) is 16.3 Å². The van der Waals surface area contributed by atoms with E-state index >= 15 is 0 Å². The number of thiazole rings is 2. The minimum atomic E-state index is -0.432. The zero-order valence-electron chi connectivity index (χ0n) is 18.3. The van der Waals surface area contributed by atoms with Crippen LogP contribution in [0.5, 0.6) is 5.75 Å². The fourth-order valence-corrected chi connectivity index (χ4v) is 5.69. The van der Waals surface area contributed by atoms with Crippen molar-refractivity contribution in [2.45, 2.75) is 20.3 Å². The summed E-state index contributed by atoms with van der Waals surface area (Å²) in [5.41, 5.74) is 9.73. The molecule has 0 radical (unpaired) electrons. The summed E-state index contributed by atoms with van der Waals surface area (Å²) in [7, 11) is 3.79. The molecule has 9 heteroatoms. The summed E-state index contributed by atoms with van der Waals surface area (Å²) >= 11 is 3.32. The van der Waals surface area contributed by atoms with Crippen LogP contribution in [0.2, 0.25) is 0 Å². The number of likely N-dealkylation sites (N-methyl/N-ethyl adjacent to an activating group) is 1. The van der Waals surface area contributed by atoms with Gasteiger partial charge in [-0.3, -0.25) is 4.79 Å². The minimum Gasteiger partial charge on any atom is -0.496 e. The van der Waals surface area contributed by atoms with Crippen molar-refractivity contribution >= 4 is 33.7 Å². The third-order valence-corrected chi connectivity index (χ3v) is 7.67. The Morgan fingerprint density at radius 2 is 1.94 bits per heavy atom. The maximum Gasteiger partial charge on any atom is 0.248 e. The van der Waals surface area contributed by atoms with E-state index in [1.807, 2.05) is 26.0 Å². The summed E-state index contributed by atoms with van der Waals surface area (Å²) < 4.78 is 5.53. The highest BCUT2D eigenvalue weighted by atomic mass is 32.1. The fraction of sp³-hybridized carbons (Fsp3) is 0.409. The highest BCUT2D eigenvalue weighted by Crippen LogP contribution is 2.36. The Hall–Kier alpha value is -2.49. The monoisotopic (exact) mass is 457 g/mol. The zero-order valence-corrected chi connectivity index (χ0v) is 19.9. The second kappa shape index (κ2) is 8.94. The number of aryl methyl sites for hydroxylation is 2. The number of nitrogens with zero attached hydrogens (tertiary/aromatic N) is 4. The van der Waals surface area contributed by atoms with Crippen molar-refractivity contribution in [3.05, 3.63) is 44.9 Å². The van der Waals surface area contributed by atoms with Crippen LogP contribution in [0.4, 0.5) is 5.13 Å². The van der Waals surface area contributed by atoms with Crippen LogP contribution in [0.15, 0.2) is 17.5 Å². The van der Waals surface area contributed by atoms with Crippen LogP contribution < -0.4 is 15.4 Å². The van der Waals surface area contributed by atoms with E-state index in [2.05, 4.69) is 22.2 Å². The lowest BCUT2D eigenvalue weighted by Crippen LogP contribution is -2.44. The van der Waals surface area contributed by atoms with Crippen LogP contribution >= 0.6 is 22.7 Å². The Bertz CT molecular complexity index is 1100. The number of piperazine rings is 1. The maximum absolute atomic E-state index is 11.8. The van der Waals surface area contributed by atoms with E-state index in [9.17, 15) is 4.79 Å². The maximum atomic E-state index is 11.8. The van der Waals surface area contributed by atoms with Crippen LogP contribution in [0.1, 0.15) is 32.2 Å². The van der Waals surface area contributed by atoms with Gasteiger partial charge in [0.2, 0.25) is 5.91 Å². The highest BCUT2D eigenvalue weighted by Gasteiger charge is 2.21. The molecule has 164 valence electrons. The minimum absolute atomic E-state index is 0.432. The van der Waals surface area contributed by atoms with Gasteiger partial charge in [0, 0.05) is 49.1 Å². The molecule has 2 N–H and O–H groups in total. The fourth-order valence-electron chi connectivity index (χ4n) is 3.73. The number of carbonyl (C=O) groups excluding carboxylic acids is 1. The van der Waals surface area contributed by atoms with Gasteiger partial charge in [-0.25, -0.2) is 9.97 Å². The van der Waals surface area contributed by atoms with E-state index < -0.39 is 5.91 Å². The molecule has 1 aliphatic rings. The Morgan fingerprint density at radius 1 is 1.19 bits per heavy atom. The molecule has 0 bridgehead atoms. The number of rotatable bonds is 6.